The number of aromatic nitrogens is 1. The molecule has 2 saturated heterocycles. The van der Waals surface area contributed by atoms with Crippen LogP contribution in [0, 0.1) is 5.92 Å². The number of para-hydroxylation sites is 1. The van der Waals surface area contributed by atoms with Gasteiger partial charge in [-0.3, -0.25) is 9.78 Å². The van der Waals surface area contributed by atoms with E-state index in [1.807, 2.05) is 30.3 Å². The second-order valence-corrected chi connectivity index (χ2v) is 7.56. The van der Waals surface area contributed by atoms with Gasteiger partial charge in [-0.15, -0.1) is 24.8 Å². The molecule has 2 atom stereocenters. The molecule has 2 aliphatic rings. The summed E-state index contributed by atoms with van der Waals surface area (Å²) in [6.07, 6.45) is 8.12. The van der Waals surface area contributed by atoms with Crippen LogP contribution in [0.5, 0.6) is 5.75 Å². The van der Waals surface area contributed by atoms with Gasteiger partial charge < -0.3 is 15.4 Å². The number of nitrogens with zero attached hydrogens (tertiary/aromatic N) is 1. The smallest absolute Gasteiger partial charge is 0.220 e. The van der Waals surface area contributed by atoms with E-state index in [9.17, 15) is 4.79 Å². The van der Waals surface area contributed by atoms with E-state index in [1.165, 1.54) is 12.8 Å². The lowest BCUT2D eigenvalue weighted by Crippen LogP contribution is -2.39. The molecule has 2 unspecified atom stereocenters. The number of hydrogen-bond donors (Lipinski definition) is 2. The molecule has 7 heteroatoms. The Morgan fingerprint density at radius 1 is 1.14 bits per heavy atom. The number of amides is 1. The first-order valence-corrected chi connectivity index (χ1v) is 9.77. The van der Waals surface area contributed by atoms with E-state index in [4.69, 9.17) is 4.74 Å². The Hall–Kier alpha value is -1.56. The Kier molecular flexibility index (Phi) is 8.80. The molecule has 1 aromatic heterocycles. The van der Waals surface area contributed by atoms with Gasteiger partial charge in [0.15, 0.2) is 0 Å². The van der Waals surface area contributed by atoms with Crippen molar-refractivity contribution in [1.82, 2.24) is 15.6 Å². The highest BCUT2D eigenvalue weighted by Gasteiger charge is 2.34. The van der Waals surface area contributed by atoms with E-state index in [0.29, 0.717) is 37.6 Å². The summed E-state index contributed by atoms with van der Waals surface area (Å²) in [6, 6.07) is 11.2. The number of hydrogen-bond acceptors (Lipinski definition) is 4. The van der Waals surface area contributed by atoms with Crippen LogP contribution in [-0.4, -0.2) is 36.1 Å². The van der Waals surface area contributed by atoms with Crippen molar-refractivity contribution in [3.8, 4) is 5.75 Å². The molecule has 0 saturated carbocycles. The lowest BCUT2D eigenvalue weighted by atomic mass is 9.89. The summed E-state index contributed by atoms with van der Waals surface area (Å²) < 4.78 is 5.87. The van der Waals surface area contributed by atoms with Crippen molar-refractivity contribution in [3.63, 3.8) is 0 Å². The molecule has 0 spiro atoms. The number of fused-ring (bicyclic) bond motifs is 3. The fourth-order valence-corrected chi connectivity index (χ4v) is 4.35. The number of rotatable bonds is 7. The minimum atomic E-state index is 0. The number of ether oxygens (including phenoxy) is 1. The second-order valence-electron chi connectivity index (χ2n) is 7.56. The largest absolute Gasteiger partial charge is 0.491 e. The normalized spacial score (nSPS) is 22.8. The molecule has 2 bridgehead atoms. The van der Waals surface area contributed by atoms with E-state index < -0.39 is 0 Å². The first-order valence-electron chi connectivity index (χ1n) is 9.77. The van der Waals surface area contributed by atoms with Crippen molar-refractivity contribution in [1.29, 1.82) is 0 Å². The summed E-state index contributed by atoms with van der Waals surface area (Å²) in [5.41, 5.74) is 0.888. The van der Waals surface area contributed by atoms with Gasteiger partial charge in [0.2, 0.25) is 5.91 Å². The van der Waals surface area contributed by atoms with Crippen molar-refractivity contribution in [2.24, 2.45) is 5.92 Å². The highest BCUT2D eigenvalue weighted by molar-refractivity contribution is 5.85. The summed E-state index contributed by atoms with van der Waals surface area (Å²) >= 11 is 0. The quantitative estimate of drug-likeness (QED) is 0.660. The number of nitrogens with one attached hydrogen (secondary N) is 2. The van der Waals surface area contributed by atoms with Gasteiger partial charge in [-0.2, -0.15) is 0 Å². The van der Waals surface area contributed by atoms with Crippen LogP contribution in [-0.2, 0) is 4.79 Å². The third-order valence-electron chi connectivity index (χ3n) is 5.54. The summed E-state index contributed by atoms with van der Waals surface area (Å²) in [5, 5.41) is 7.75. The molecule has 1 aromatic carbocycles. The molecule has 2 aromatic rings. The van der Waals surface area contributed by atoms with Crippen LogP contribution in [0.3, 0.4) is 0 Å². The fraction of sp³-hybridized carbons (Fsp3) is 0.524. The van der Waals surface area contributed by atoms with Crippen LogP contribution in [0.1, 0.15) is 38.5 Å². The molecular weight excluding hydrogens is 397 g/mol. The third-order valence-corrected chi connectivity index (χ3v) is 5.54. The minimum absolute atomic E-state index is 0. The van der Waals surface area contributed by atoms with Gasteiger partial charge in [0.05, 0.1) is 6.61 Å². The molecule has 2 aliphatic heterocycles. The number of halogens is 2. The Morgan fingerprint density at radius 3 is 2.68 bits per heavy atom. The van der Waals surface area contributed by atoms with Gasteiger partial charge in [0.25, 0.3) is 0 Å². The van der Waals surface area contributed by atoms with Crippen LogP contribution in [0.4, 0.5) is 0 Å². The number of pyridine rings is 1. The van der Waals surface area contributed by atoms with E-state index in [0.717, 1.165) is 35.9 Å². The number of carbonyl (C=O) groups excluding carboxylic acids is 1. The summed E-state index contributed by atoms with van der Waals surface area (Å²) in [7, 11) is 0. The van der Waals surface area contributed by atoms with Gasteiger partial charge in [-0.25, -0.2) is 0 Å². The van der Waals surface area contributed by atoms with Crippen molar-refractivity contribution in [2.75, 3.05) is 13.2 Å². The van der Waals surface area contributed by atoms with E-state index >= 15 is 0 Å². The van der Waals surface area contributed by atoms with Crippen LogP contribution >= 0.6 is 24.8 Å². The third kappa shape index (κ3) is 5.72. The topological polar surface area (TPSA) is 63.2 Å². The molecule has 3 heterocycles. The number of benzene rings is 1. The van der Waals surface area contributed by atoms with Crippen molar-refractivity contribution in [3.05, 3.63) is 36.5 Å². The standard InChI is InChI=1S/C21H27N3O2.2ClH/c25-20(14-15-12-17-7-8-18(13-15)24-17)22-10-3-11-26-19-6-1-4-16-5-2-9-23-21(16)19;;/h1-2,4-6,9,15,17-18,24H,3,7-8,10-14H2,(H,22,25);2*1H. The second kappa shape index (κ2) is 10.8. The van der Waals surface area contributed by atoms with Crippen LogP contribution in [0.25, 0.3) is 10.9 Å². The van der Waals surface area contributed by atoms with Gasteiger partial charge in [0, 0.05) is 36.6 Å². The highest BCUT2D eigenvalue weighted by Crippen LogP contribution is 2.32. The molecular formula is C21H29Cl2N3O2. The molecule has 2 fully saturated rings. The predicted octanol–water partition coefficient (Wildman–Crippen LogP) is 3.88. The van der Waals surface area contributed by atoms with Crippen LogP contribution in [0.2, 0.25) is 0 Å². The average molecular weight is 426 g/mol. The average Bonchev–Trinajstić information content (AvgIpc) is 3.00. The monoisotopic (exact) mass is 425 g/mol. The minimum Gasteiger partial charge on any atom is -0.491 e. The van der Waals surface area contributed by atoms with Gasteiger partial charge in [-0.05, 0) is 50.2 Å². The zero-order valence-corrected chi connectivity index (χ0v) is 17.6. The maximum atomic E-state index is 12.2. The lowest BCUT2D eigenvalue weighted by molar-refractivity contribution is -0.122. The maximum Gasteiger partial charge on any atom is 0.220 e. The maximum absolute atomic E-state index is 12.2. The zero-order chi connectivity index (χ0) is 17.8. The van der Waals surface area contributed by atoms with Crippen LogP contribution in [0.15, 0.2) is 36.5 Å². The zero-order valence-electron chi connectivity index (χ0n) is 15.9. The van der Waals surface area contributed by atoms with Gasteiger partial charge in [-0.1, -0.05) is 18.2 Å². The Bertz CT molecular complexity index is 757. The van der Waals surface area contributed by atoms with E-state index in [1.54, 1.807) is 6.20 Å². The number of piperidine rings is 1. The summed E-state index contributed by atoms with van der Waals surface area (Å²) in [6.45, 7) is 1.24. The van der Waals surface area contributed by atoms with Crippen molar-refractivity contribution < 1.29 is 9.53 Å². The predicted molar refractivity (Wildman–Crippen MR) is 117 cm³/mol. The number of carbonyl (C=O) groups is 1. The molecule has 0 radical (unpaired) electrons. The fourth-order valence-electron chi connectivity index (χ4n) is 4.35. The summed E-state index contributed by atoms with van der Waals surface area (Å²) in [4.78, 5) is 16.6. The molecule has 154 valence electrons. The molecule has 4 rings (SSSR count). The van der Waals surface area contributed by atoms with Crippen molar-refractivity contribution >= 4 is 41.6 Å². The highest BCUT2D eigenvalue weighted by atomic mass is 35.5. The van der Waals surface area contributed by atoms with Gasteiger partial charge >= 0.3 is 0 Å². The van der Waals surface area contributed by atoms with Crippen molar-refractivity contribution in [2.45, 2.75) is 50.6 Å². The van der Waals surface area contributed by atoms with E-state index in [-0.39, 0.29) is 30.7 Å². The first kappa shape index (κ1) is 22.7. The van der Waals surface area contributed by atoms with Crippen LogP contribution < -0.4 is 15.4 Å². The molecule has 0 aliphatic carbocycles. The summed E-state index contributed by atoms with van der Waals surface area (Å²) in [5.74, 6) is 1.54. The Labute approximate surface area is 178 Å². The Balaban J connectivity index is 0.00000140. The molecule has 1 amide bonds. The molecule has 2 N–H and O–H groups in total. The van der Waals surface area contributed by atoms with E-state index in [2.05, 4.69) is 15.6 Å². The molecule has 5 nitrogen and oxygen atoms in total. The SMILES string of the molecule is Cl.Cl.O=C(CC1CC2CCC(C1)N2)NCCCOc1cccc2cccnc12. The molecule has 28 heavy (non-hydrogen) atoms. The lowest BCUT2D eigenvalue weighted by Gasteiger charge is -2.28. The Morgan fingerprint density at radius 2 is 1.89 bits per heavy atom. The van der Waals surface area contributed by atoms with Gasteiger partial charge in [0.1, 0.15) is 11.3 Å². The first-order chi connectivity index (χ1) is 12.8.